The van der Waals surface area contributed by atoms with Crippen LogP contribution in [0.2, 0.25) is 0 Å². The molecule has 18 aromatic carbocycles. The molecule has 0 unspecified atom stereocenters. The van der Waals surface area contributed by atoms with E-state index in [1.165, 1.54) is 132 Å². The Kier molecular flexibility index (Phi) is 13.8. The van der Waals surface area contributed by atoms with Gasteiger partial charge in [-0.1, -0.05) is 343 Å². The number of ether oxygens (including phenoxy) is 1. The predicted molar refractivity (Wildman–Crippen MR) is 513 cm³/mol. The molecule has 5 aliphatic heterocycles. The lowest BCUT2D eigenvalue weighted by atomic mass is 9.32. The number of hydrogen-bond acceptors (Lipinski definition) is 4. The van der Waals surface area contributed by atoms with Crippen molar-refractivity contribution in [1.82, 2.24) is 32.5 Å². The van der Waals surface area contributed by atoms with Gasteiger partial charge < -0.3 is 14.2 Å². The molecule has 10 heterocycles. The second kappa shape index (κ2) is 25.4. The van der Waals surface area contributed by atoms with Gasteiger partial charge in [0, 0.05) is 44.6 Å². The molecule has 5 aliphatic rings. The summed E-state index contributed by atoms with van der Waals surface area (Å²) in [4.78, 5) is 14.5. The van der Waals surface area contributed by atoms with E-state index in [0.29, 0.717) is 0 Å². The molecule has 123 heavy (non-hydrogen) atoms. The predicted octanol–water partition coefficient (Wildman–Crippen LogP) is 17.5. The largest absolute Gasteiger partial charge is 0.453 e. The number of imidazole rings is 4. The van der Waals surface area contributed by atoms with Gasteiger partial charge in [0.1, 0.15) is 0 Å². The average molecular weight is 1560 g/mol. The lowest BCUT2D eigenvalue weighted by Gasteiger charge is -2.42. The molecule has 0 spiro atoms. The van der Waals surface area contributed by atoms with Crippen LogP contribution in [0.25, 0.3) is 150 Å². The van der Waals surface area contributed by atoms with E-state index in [2.05, 4.69) is 428 Å². The van der Waals surface area contributed by atoms with Crippen molar-refractivity contribution in [3.05, 3.63) is 400 Å². The molecule has 0 fully saturated rings. The third-order valence-electron chi connectivity index (χ3n) is 27.6. The first kappa shape index (κ1) is 67.1. The summed E-state index contributed by atoms with van der Waals surface area (Å²) < 4.78 is 19.5. The van der Waals surface area contributed by atoms with Crippen LogP contribution in [0.5, 0.6) is 11.5 Å². The lowest BCUT2D eigenvalue weighted by molar-refractivity contribution is 0.477. The van der Waals surface area contributed by atoms with Crippen LogP contribution < -0.4 is 75.2 Å². The fourth-order valence-electron chi connectivity index (χ4n) is 22.7. The number of hydrogen-bond donors (Lipinski definition) is 0. The van der Waals surface area contributed by atoms with Crippen molar-refractivity contribution in [1.29, 1.82) is 0 Å². The Labute approximate surface area is 708 Å². The second-order valence-corrected chi connectivity index (χ2v) is 33.7. The van der Waals surface area contributed by atoms with E-state index in [1.54, 1.807) is 0 Å². The highest BCUT2D eigenvalue weighted by molar-refractivity contribution is 7.02. The summed E-state index contributed by atoms with van der Waals surface area (Å²) >= 11 is 0. The van der Waals surface area contributed by atoms with Gasteiger partial charge in [-0.3, -0.25) is 17.9 Å². The molecule has 0 saturated heterocycles. The fourth-order valence-corrected chi connectivity index (χ4v) is 22.7. The molecule has 5 aromatic heterocycles. The van der Waals surface area contributed by atoms with Gasteiger partial charge in [-0.15, -0.1) is 0 Å². The quantitative estimate of drug-likeness (QED) is 0.135. The Morgan fingerprint density at radius 2 is 0.634 bits per heavy atom. The Hall–Kier alpha value is -15.8. The highest BCUT2D eigenvalue weighted by atomic mass is 16.5. The van der Waals surface area contributed by atoms with Gasteiger partial charge in [0.15, 0.2) is 11.5 Å². The van der Waals surface area contributed by atoms with E-state index in [0.717, 1.165) is 112 Å². The fraction of sp³-hybridized carbons (Fsp3) is 0. The zero-order chi connectivity index (χ0) is 80.0. The maximum atomic E-state index is 7.01. The molecule has 0 saturated carbocycles. The van der Waals surface area contributed by atoms with Crippen molar-refractivity contribution in [2.75, 3.05) is 4.90 Å². The lowest BCUT2D eigenvalue weighted by Crippen LogP contribution is -2.61. The highest BCUT2D eigenvalue weighted by Gasteiger charge is 2.46. The monoisotopic (exact) mass is 1560 g/mol. The van der Waals surface area contributed by atoms with Gasteiger partial charge in [0.25, 0.3) is 0 Å². The van der Waals surface area contributed by atoms with Gasteiger partial charge in [-0.25, -0.2) is 9.97 Å². The van der Waals surface area contributed by atoms with Crippen LogP contribution in [0.15, 0.2) is 400 Å². The van der Waals surface area contributed by atoms with Crippen LogP contribution in [0.3, 0.4) is 0 Å². The van der Waals surface area contributed by atoms with E-state index in [1.807, 2.05) is 0 Å². The van der Waals surface area contributed by atoms with E-state index in [9.17, 15) is 0 Å². The summed E-state index contributed by atoms with van der Waals surface area (Å²) in [5.41, 5.74) is 44.0. The van der Waals surface area contributed by atoms with Gasteiger partial charge in [0.05, 0.1) is 61.0 Å². The molecule has 0 N–H and O–H groups in total. The number of aromatic nitrogens is 7. The Morgan fingerprint density at radius 3 is 1.24 bits per heavy atom. The average Bonchev–Trinajstić information content (AvgIpc) is 1.66. The van der Waals surface area contributed by atoms with Crippen LogP contribution in [-0.4, -0.2) is 59.3 Å². The summed E-state index contributed by atoms with van der Waals surface area (Å²) in [6.07, 6.45) is 0. The number of anilines is 3. The Balaban J connectivity index is 0.664. The van der Waals surface area contributed by atoms with Crippen LogP contribution >= 0.6 is 0 Å². The molecule has 9 nitrogen and oxygen atoms in total. The minimum atomic E-state index is -0.208. The molecule has 564 valence electrons. The first-order valence-electron chi connectivity index (χ1n) is 42.7. The molecule has 0 aliphatic carbocycles. The first-order chi connectivity index (χ1) is 61.1. The van der Waals surface area contributed by atoms with Crippen molar-refractivity contribution < 1.29 is 4.74 Å². The minimum absolute atomic E-state index is 0.0230. The molecule has 28 rings (SSSR count). The van der Waals surface area contributed by atoms with Gasteiger partial charge >= 0.3 is 0 Å². The summed E-state index contributed by atoms with van der Waals surface area (Å²) in [6, 6.07) is 149. The van der Waals surface area contributed by atoms with Crippen molar-refractivity contribution in [2.45, 2.75) is 0 Å². The third-order valence-corrected chi connectivity index (χ3v) is 27.6. The first-order valence-corrected chi connectivity index (χ1v) is 42.7. The normalized spacial score (nSPS) is 13.2. The number of fused-ring (bicyclic) bond motifs is 23. The zero-order valence-corrected chi connectivity index (χ0v) is 66.4. The molecular formula is C110H66B4N8O. The molecule has 13 heteroatoms. The standard InChI is InChI=1S/C110H66B4N8O/c1-5-30-67(31-6-1)72-38-13-17-44-79(72)111-83-48-21-22-53-93(83)121-106-85(111)50-27-57-97(106)120-101-65-90-100(66-91(101)115-109(120)121)117-92-61-60-71(62-78(92)77-43-25-49-84(105(77)117)112(90)80-45-18-14-39-73(80)68-32-7-2-8-33-68)76-42-26-55-95-104(76)116-110-119(95)96-56-28-51-86-107(96)122(110)99-64-88-98(63-89(99)113(86)81-46-19-15-40-74(81)69-34-9-3-10-35-69)118-94-54-23-24-58-102(94)123-103-59-29-52-87(108(103)118)114(88)82-47-20-16-41-75(82)70-36-11-4-12-37-70/h1-66H. The summed E-state index contributed by atoms with van der Waals surface area (Å²) in [5.74, 6) is 3.41. The molecule has 0 radical (unpaired) electrons. The molecule has 0 bridgehead atoms. The van der Waals surface area contributed by atoms with Crippen molar-refractivity contribution in [3.63, 3.8) is 0 Å². The number of benzene rings is 18. The van der Waals surface area contributed by atoms with Crippen molar-refractivity contribution >= 4 is 187 Å². The van der Waals surface area contributed by atoms with Gasteiger partial charge in [-0.05, 0) is 173 Å². The molecular weight excluding hydrogens is 1490 g/mol. The van der Waals surface area contributed by atoms with Crippen LogP contribution in [-0.2, 0) is 0 Å². The van der Waals surface area contributed by atoms with Gasteiger partial charge in [0.2, 0.25) is 38.4 Å². The highest BCUT2D eigenvalue weighted by Crippen LogP contribution is 2.52. The number of nitrogens with zero attached hydrogens (tertiary/aromatic N) is 8. The number of para-hydroxylation sites is 8. The number of rotatable bonds is 9. The van der Waals surface area contributed by atoms with Crippen LogP contribution in [0.1, 0.15) is 0 Å². The van der Waals surface area contributed by atoms with Crippen molar-refractivity contribution in [2.24, 2.45) is 0 Å². The summed E-state index contributed by atoms with van der Waals surface area (Å²) in [7, 11) is 0. The second-order valence-electron chi connectivity index (χ2n) is 33.7. The van der Waals surface area contributed by atoms with Crippen LogP contribution in [0.4, 0.5) is 17.1 Å². The maximum Gasteiger partial charge on any atom is 0.247 e. The smallest absolute Gasteiger partial charge is 0.247 e. The maximum absolute atomic E-state index is 7.01. The molecule has 0 atom stereocenters. The van der Waals surface area contributed by atoms with Crippen molar-refractivity contribution in [3.8, 4) is 84.2 Å². The van der Waals surface area contributed by atoms with E-state index < -0.39 is 0 Å². The summed E-state index contributed by atoms with van der Waals surface area (Å²) in [5, 5.41) is 2.37. The summed E-state index contributed by atoms with van der Waals surface area (Å²) in [6.45, 7) is -0.589. The third kappa shape index (κ3) is 9.23. The molecule has 0 amide bonds. The Morgan fingerprint density at radius 1 is 0.220 bits per heavy atom. The van der Waals surface area contributed by atoms with E-state index in [4.69, 9.17) is 14.7 Å². The van der Waals surface area contributed by atoms with Gasteiger partial charge in [-0.2, -0.15) is 0 Å². The van der Waals surface area contributed by atoms with E-state index in [-0.39, 0.29) is 26.9 Å². The van der Waals surface area contributed by atoms with Crippen LogP contribution in [0, 0.1) is 0 Å². The zero-order valence-electron chi connectivity index (χ0n) is 66.4. The molecule has 23 aromatic rings. The Bertz CT molecular complexity index is 8540. The van der Waals surface area contributed by atoms with E-state index >= 15 is 0 Å². The minimum Gasteiger partial charge on any atom is -0.453 e. The topological polar surface area (TPSA) is 61.9 Å². The SMILES string of the molecule is c1ccc(-c2ccccc2B2c3cc4c(cc3N3c5ccccc5Oc5cccc2c53)B(c2ccccc2-c2ccccc2)c2cccc3c2n-4c2nc4c(-c5ccc6c(c5)c5cccc7c5n6-c5cc6nc8n9c%10c(cccc%10n8c6cc5B7c5ccccc5-c5ccccc5)B(c5ccccc5-c5ccccc5)c5ccccc5-9)cccc4n32)cc1.